The Balaban J connectivity index is 1.55. The number of carbonyl (C=O) groups is 1. The van der Waals surface area contributed by atoms with E-state index in [1.807, 2.05) is 12.1 Å². The number of hydrogen-bond acceptors (Lipinski definition) is 6. The fraction of sp³-hybridized carbons (Fsp3) is 0.581. The van der Waals surface area contributed by atoms with Crippen LogP contribution in [0.2, 0.25) is 0 Å². The van der Waals surface area contributed by atoms with E-state index in [4.69, 9.17) is 24.4 Å². The number of benzene rings is 2. The lowest BCUT2D eigenvalue weighted by molar-refractivity contribution is 0.0734. The molecule has 0 bridgehead atoms. The highest BCUT2D eigenvalue weighted by atomic mass is 16.5. The molecule has 0 aliphatic heterocycles. The normalized spacial score (nSPS) is 10.9. The third kappa shape index (κ3) is 14.7. The Morgan fingerprint density at radius 1 is 0.486 bits per heavy atom. The summed E-state index contributed by atoms with van der Waals surface area (Å²) in [5.74, 6) is 1.57. The smallest absolute Gasteiger partial charge is 0.343 e. The van der Waals surface area contributed by atoms with Crippen molar-refractivity contribution in [2.45, 2.75) is 89.9 Å². The molecule has 0 aliphatic carbocycles. The van der Waals surface area contributed by atoms with Crippen LogP contribution in [-0.4, -0.2) is 42.6 Å². The zero-order chi connectivity index (χ0) is 26.4. The van der Waals surface area contributed by atoms with Crippen LogP contribution in [0.1, 0.15) is 100 Å². The lowest BCUT2D eigenvalue weighted by atomic mass is 10.1. The molecule has 0 heterocycles. The second-order valence-electron chi connectivity index (χ2n) is 9.48. The van der Waals surface area contributed by atoms with Crippen LogP contribution in [0.4, 0.5) is 0 Å². The van der Waals surface area contributed by atoms with Gasteiger partial charge in [-0.25, -0.2) is 4.79 Å². The zero-order valence-electron chi connectivity index (χ0n) is 22.4. The van der Waals surface area contributed by atoms with E-state index in [9.17, 15) is 4.79 Å². The summed E-state index contributed by atoms with van der Waals surface area (Å²) in [4.78, 5) is 12.5. The van der Waals surface area contributed by atoms with E-state index in [1.54, 1.807) is 36.4 Å². The average molecular weight is 515 g/mol. The number of rotatable bonds is 22. The lowest BCUT2D eigenvalue weighted by Gasteiger charge is -2.09. The van der Waals surface area contributed by atoms with Gasteiger partial charge in [-0.15, -0.1) is 0 Å². The fourth-order valence-corrected chi connectivity index (χ4v) is 4.03. The maximum absolute atomic E-state index is 12.5. The van der Waals surface area contributed by atoms with Crippen molar-refractivity contribution < 1.29 is 29.2 Å². The molecule has 0 spiro atoms. The van der Waals surface area contributed by atoms with Crippen molar-refractivity contribution >= 4 is 5.97 Å². The van der Waals surface area contributed by atoms with E-state index >= 15 is 0 Å². The summed E-state index contributed by atoms with van der Waals surface area (Å²) in [5, 5.41) is 17.6. The number of aliphatic hydroxyl groups excluding tert-OH is 2. The molecule has 0 saturated carbocycles. The molecular formula is C31H46O6. The summed E-state index contributed by atoms with van der Waals surface area (Å²) in [6, 6.07) is 14.1. The van der Waals surface area contributed by atoms with Gasteiger partial charge in [0.15, 0.2) is 0 Å². The second-order valence-corrected chi connectivity index (χ2v) is 9.48. The van der Waals surface area contributed by atoms with E-state index in [-0.39, 0.29) is 6.61 Å². The summed E-state index contributed by atoms with van der Waals surface area (Å²) in [7, 11) is 0. The number of aliphatic hydroxyl groups is 2. The fourth-order valence-electron chi connectivity index (χ4n) is 4.03. The van der Waals surface area contributed by atoms with Crippen LogP contribution in [0.5, 0.6) is 17.2 Å². The molecule has 0 fully saturated rings. The monoisotopic (exact) mass is 514 g/mol. The van der Waals surface area contributed by atoms with Crippen molar-refractivity contribution in [1.82, 2.24) is 0 Å². The second kappa shape index (κ2) is 20.5. The van der Waals surface area contributed by atoms with Crippen molar-refractivity contribution in [3.8, 4) is 17.2 Å². The Morgan fingerprint density at radius 3 is 1.27 bits per heavy atom. The number of hydrogen-bond donors (Lipinski definition) is 2. The third-order valence-corrected chi connectivity index (χ3v) is 6.27. The molecule has 0 radical (unpaired) electrons. The molecule has 6 nitrogen and oxygen atoms in total. The SMILES string of the molecule is O=C(Oc1ccc(OCCCCCCO)cc1)c1ccc(OCCCCCCCCCCCCO)cc1. The topological polar surface area (TPSA) is 85.2 Å². The van der Waals surface area contributed by atoms with Gasteiger partial charge in [-0.1, -0.05) is 57.8 Å². The Morgan fingerprint density at radius 2 is 0.838 bits per heavy atom. The van der Waals surface area contributed by atoms with Crippen molar-refractivity contribution in [1.29, 1.82) is 0 Å². The minimum absolute atomic E-state index is 0.244. The molecule has 6 heteroatoms. The predicted molar refractivity (Wildman–Crippen MR) is 148 cm³/mol. The highest BCUT2D eigenvalue weighted by Gasteiger charge is 2.09. The van der Waals surface area contributed by atoms with Gasteiger partial charge in [0.25, 0.3) is 0 Å². The first-order chi connectivity index (χ1) is 18.2. The maximum atomic E-state index is 12.5. The molecular weight excluding hydrogens is 468 g/mol. The molecule has 0 atom stereocenters. The summed E-state index contributed by atoms with van der Waals surface area (Å²) < 4.78 is 17.0. The molecule has 0 aromatic heterocycles. The van der Waals surface area contributed by atoms with Gasteiger partial charge in [-0.05, 0) is 80.6 Å². The first-order valence-electron chi connectivity index (χ1n) is 14.1. The Bertz CT molecular complexity index is 819. The Labute approximate surface area is 223 Å². The minimum Gasteiger partial charge on any atom is -0.494 e. The molecule has 2 aromatic carbocycles. The molecule has 0 unspecified atom stereocenters. The highest BCUT2D eigenvalue weighted by molar-refractivity contribution is 5.91. The number of unbranched alkanes of at least 4 members (excludes halogenated alkanes) is 12. The van der Waals surface area contributed by atoms with Gasteiger partial charge in [-0.3, -0.25) is 0 Å². The lowest BCUT2D eigenvalue weighted by Crippen LogP contribution is -2.08. The predicted octanol–water partition coefficient (Wildman–Crippen LogP) is 7.11. The van der Waals surface area contributed by atoms with Gasteiger partial charge in [0.2, 0.25) is 0 Å². The quantitative estimate of drug-likeness (QED) is 0.0989. The molecule has 2 N–H and O–H groups in total. The van der Waals surface area contributed by atoms with E-state index < -0.39 is 5.97 Å². The van der Waals surface area contributed by atoms with Gasteiger partial charge in [0.1, 0.15) is 17.2 Å². The summed E-state index contributed by atoms with van der Waals surface area (Å²) in [6.45, 7) is 1.88. The number of carbonyl (C=O) groups excluding carboxylic acids is 1. The van der Waals surface area contributed by atoms with Crippen LogP contribution in [0.15, 0.2) is 48.5 Å². The molecule has 37 heavy (non-hydrogen) atoms. The Kier molecular flexibility index (Phi) is 17.0. The van der Waals surface area contributed by atoms with Gasteiger partial charge in [-0.2, -0.15) is 0 Å². The maximum Gasteiger partial charge on any atom is 0.343 e. The van der Waals surface area contributed by atoms with Crippen LogP contribution in [0.3, 0.4) is 0 Å². The van der Waals surface area contributed by atoms with Crippen LogP contribution >= 0.6 is 0 Å². The molecule has 2 aromatic rings. The van der Waals surface area contributed by atoms with Gasteiger partial charge >= 0.3 is 5.97 Å². The van der Waals surface area contributed by atoms with E-state index in [1.165, 1.54) is 44.9 Å². The van der Waals surface area contributed by atoms with Crippen molar-refractivity contribution in [3.05, 3.63) is 54.1 Å². The van der Waals surface area contributed by atoms with E-state index in [2.05, 4.69) is 0 Å². The van der Waals surface area contributed by atoms with Crippen LogP contribution < -0.4 is 14.2 Å². The van der Waals surface area contributed by atoms with E-state index in [0.29, 0.717) is 31.1 Å². The average Bonchev–Trinajstić information content (AvgIpc) is 2.92. The van der Waals surface area contributed by atoms with Crippen molar-refractivity contribution in [3.63, 3.8) is 0 Å². The largest absolute Gasteiger partial charge is 0.494 e. The van der Waals surface area contributed by atoms with Crippen LogP contribution in [0, 0.1) is 0 Å². The minimum atomic E-state index is -0.405. The van der Waals surface area contributed by atoms with Crippen LogP contribution in [0.25, 0.3) is 0 Å². The Hall–Kier alpha value is -2.57. The summed E-state index contributed by atoms with van der Waals surface area (Å²) in [5.41, 5.74) is 0.479. The molecule has 2 rings (SSSR count). The standard InChI is InChI=1S/C31H46O6/c32-23-11-7-5-3-1-2-4-6-9-13-25-35-28-17-15-27(16-18-28)31(34)37-30-21-19-29(20-22-30)36-26-14-10-8-12-24-33/h15-22,32-33H,1-14,23-26H2. The molecule has 206 valence electrons. The molecule has 0 aliphatic rings. The van der Waals surface area contributed by atoms with Crippen LogP contribution in [-0.2, 0) is 0 Å². The summed E-state index contributed by atoms with van der Waals surface area (Å²) >= 11 is 0. The number of ether oxygens (including phenoxy) is 3. The van der Waals surface area contributed by atoms with Crippen molar-refractivity contribution in [2.24, 2.45) is 0 Å². The summed E-state index contributed by atoms with van der Waals surface area (Å²) in [6.07, 6.45) is 15.7. The highest BCUT2D eigenvalue weighted by Crippen LogP contribution is 2.20. The first-order valence-corrected chi connectivity index (χ1v) is 14.1. The number of esters is 1. The van der Waals surface area contributed by atoms with Gasteiger partial charge in [0.05, 0.1) is 18.8 Å². The molecule has 0 amide bonds. The van der Waals surface area contributed by atoms with E-state index in [0.717, 1.165) is 56.4 Å². The third-order valence-electron chi connectivity index (χ3n) is 6.27. The van der Waals surface area contributed by atoms with Crippen molar-refractivity contribution in [2.75, 3.05) is 26.4 Å². The zero-order valence-corrected chi connectivity index (χ0v) is 22.4. The van der Waals surface area contributed by atoms with Gasteiger partial charge < -0.3 is 24.4 Å². The van der Waals surface area contributed by atoms with Gasteiger partial charge in [0, 0.05) is 13.2 Å². The first kappa shape index (κ1) is 30.7. The molecule has 0 saturated heterocycles.